The highest BCUT2D eigenvalue weighted by molar-refractivity contribution is 9.10. The second kappa shape index (κ2) is 10.2. The summed E-state index contributed by atoms with van der Waals surface area (Å²) in [5, 5.41) is 2.65. The summed E-state index contributed by atoms with van der Waals surface area (Å²) in [5.74, 6) is 0.722. The summed E-state index contributed by atoms with van der Waals surface area (Å²) in [6.07, 6.45) is 7.68. The molecule has 1 aliphatic carbocycles. The zero-order valence-electron chi connectivity index (χ0n) is 20.7. The maximum atomic E-state index is 3.81. The van der Waals surface area contributed by atoms with E-state index in [1.54, 1.807) is 0 Å². The number of aromatic amines is 1. The molecule has 1 aliphatic rings. The van der Waals surface area contributed by atoms with Crippen molar-refractivity contribution in [1.82, 2.24) is 4.98 Å². The standard InChI is InChI=1S/C33H31Br2N/c1-2-3-4-5-6-11-26(28-13-9-12-27-25-10-7-8-14-31(25)36-33(27)28)32-29-19-21(34)15-17-23(29)24-18-16-22(35)20-30(24)32/h7-10,12-20,26,32,36H,2-6,11H2,1H3. The summed E-state index contributed by atoms with van der Waals surface area (Å²) in [6, 6.07) is 29.3. The van der Waals surface area contributed by atoms with Crippen LogP contribution in [0.4, 0.5) is 0 Å². The van der Waals surface area contributed by atoms with Crippen LogP contribution in [0.15, 0.2) is 87.8 Å². The first-order chi connectivity index (χ1) is 17.7. The molecule has 3 heteroatoms. The molecule has 0 saturated heterocycles. The quantitative estimate of drug-likeness (QED) is 0.170. The summed E-state index contributed by atoms with van der Waals surface area (Å²) in [7, 11) is 0. The lowest BCUT2D eigenvalue weighted by Crippen LogP contribution is -2.12. The number of hydrogen-bond acceptors (Lipinski definition) is 0. The van der Waals surface area contributed by atoms with Crippen molar-refractivity contribution in [3.8, 4) is 11.1 Å². The summed E-state index contributed by atoms with van der Waals surface area (Å²) >= 11 is 7.57. The van der Waals surface area contributed by atoms with Gasteiger partial charge in [0.05, 0.1) is 5.52 Å². The van der Waals surface area contributed by atoms with Gasteiger partial charge in [-0.2, -0.15) is 0 Å². The van der Waals surface area contributed by atoms with Crippen molar-refractivity contribution in [3.05, 3.63) is 104 Å². The van der Waals surface area contributed by atoms with Crippen molar-refractivity contribution >= 4 is 53.7 Å². The topological polar surface area (TPSA) is 15.8 Å². The molecule has 0 aliphatic heterocycles. The number of fused-ring (bicyclic) bond motifs is 6. The average Bonchev–Trinajstić information content (AvgIpc) is 3.41. The minimum Gasteiger partial charge on any atom is -0.354 e. The Morgan fingerprint density at radius 3 is 2.11 bits per heavy atom. The first kappa shape index (κ1) is 24.0. The summed E-state index contributed by atoms with van der Waals surface area (Å²) in [6.45, 7) is 2.29. The highest BCUT2D eigenvalue weighted by Crippen LogP contribution is 2.54. The molecule has 182 valence electrons. The molecule has 36 heavy (non-hydrogen) atoms. The number of unbranched alkanes of at least 4 members (excludes halogenated alkanes) is 4. The van der Waals surface area contributed by atoms with E-state index in [4.69, 9.17) is 0 Å². The summed E-state index contributed by atoms with van der Waals surface area (Å²) in [4.78, 5) is 3.81. The van der Waals surface area contributed by atoms with Gasteiger partial charge in [-0.3, -0.25) is 0 Å². The third kappa shape index (κ3) is 4.25. The second-order valence-electron chi connectivity index (χ2n) is 10.2. The molecule has 6 rings (SSSR count). The van der Waals surface area contributed by atoms with Gasteiger partial charge in [0, 0.05) is 31.2 Å². The SMILES string of the molecule is CCCCCCCC(c1cccc2c1[nH]c1ccccc12)C1c2cc(Br)ccc2-c2ccc(Br)cc21. The van der Waals surface area contributed by atoms with Gasteiger partial charge < -0.3 is 4.98 Å². The van der Waals surface area contributed by atoms with Gasteiger partial charge in [0.15, 0.2) is 0 Å². The Bertz CT molecular complexity index is 1500. The number of halogens is 2. The third-order valence-corrected chi connectivity index (χ3v) is 8.97. The maximum absolute atomic E-state index is 3.81. The molecule has 1 nitrogen and oxygen atoms in total. The van der Waals surface area contributed by atoms with Gasteiger partial charge in [-0.25, -0.2) is 0 Å². The normalized spacial score (nSPS) is 13.9. The van der Waals surface area contributed by atoms with E-state index in [0.717, 1.165) is 8.95 Å². The molecule has 0 fully saturated rings. The Hall–Kier alpha value is -2.36. The number of rotatable bonds is 8. The van der Waals surface area contributed by atoms with Crippen LogP contribution in [0, 0.1) is 0 Å². The van der Waals surface area contributed by atoms with E-state index in [2.05, 4.69) is 123 Å². The summed E-state index contributed by atoms with van der Waals surface area (Å²) < 4.78 is 2.31. The van der Waals surface area contributed by atoms with Crippen molar-refractivity contribution in [1.29, 1.82) is 0 Å². The zero-order valence-corrected chi connectivity index (χ0v) is 23.8. The van der Waals surface area contributed by atoms with Crippen LogP contribution in [0.2, 0.25) is 0 Å². The molecule has 5 aromatic rings. The molecule has 0 radical (unpaired) electrons. The lowest BCUT2D eigenvalue weighted by Gasteiger charge is -2.27. The molecule has 1 atom stereocenters. The van der Waals surface area contributed by atoms with Crippen molar-refractivity contribution in [2.45, 2.75) is 57.3 Å². The van der Waals surface area contributed by atoms with Crippen molar-refractivity contribution < 1.29 is 0 Å². The second-order valence-corrected chi connectivity index (χ2v) is 12.0. The van der Waals surface area contributed by atoms with Crippen LogP contribution in [0.25, 0.3) is 32.9 Å². The Kier molecular flexibility index (Phi) is 6.79. The Morgan fingerprint density at radius 2 is 1.39 bits per heavy atom. The lowest BCUT2D eigenvalue weighted by atomic mass is 9.76. The van der Waals surface area contributed by atoms with E-state index in [9.17, 15) is 0 Å². The van der Waals surface area contributed by atoms with E-state index in [0.29, 0.717) is 11.8 Å². The van der Waals surface area contributed by atoms with Crippen LogP contribution in [0.1, 0.15) is 74.0 Å². The Labute approximate surface area is 230 Å². The fourth-order valence-corrected chi connectivity index (χ4v) is 7.11. The number of aromatic nitrogens is 1. The predicted molar refractivity (Wildman–Crippen MR) is 161 cm³/mol. The van der Waals surface area contributed by atoms with Crippen molar-refractivity contribution in [2.75, 3.05) is 0 Å². The Balaban J connectivity index is 1.53. The smallest absolute Gasteiger partial charge is 0.0500 e. The highest BCUT2D eigenvalue weighted by Gasteiger charge is 2.36. The van der Waals surface area contributed by atoms with Gasteiger partial charge in [0.1, 0.15) is 0 Å². The summed E-state index contributed by atoms with van der Waals surface area (Å²) in [5.41, 5.74) is 9.63. The van der Waals surface area contributed by atoms with Crippen molar-refractivity contribution in [2.24, 2.45) is 0 Å². The lowest BCUT2D eigenvalue weighted by molar-refractivity contribution is 0.514. The molecule has 1 aromatic heterocycles. The zero-order chi connectivity index (χ0) is 24.6. The minimum atomic E-state index is 0.327. The first-order valence-corrected chi connectivity index (χ1v) is 14.8. The number of benzene rings is 4. The van der Waals surface area contributed by atoms with Crippen LogP contribution < -0.4 is 0 Å². The highest BCUT2D eigenvalue weighted by atomic mass is 79.9. The molecular formula is C33H31Br2N. The predicted octanol–water partition coefficient (Wildman–Crippen LogP) is 11.1. The van der Waals surface area contributed by atoms with E-state index in [1.807, 2.05) is 0 Å². The van der Waals surface area contributed by atoms with E-state index < -0.39 is 0 Å². The molecule has 0 bridgehead atoms. The van der Waals surface area contributed by atoms with Crippen LogP contribution >= 0.6 is 31.9 Å². The molecule has 4 aromatic carbocycles. The van der Waals surface area contributed by atoms with Crippen LogP contribution in [0.3, 0.4) is 0 Å². The van der Waals surface area contributed by atoms with E-state index in [1.165, 1.54) is 88.1 Å². The van der Waals surface area contributed by atoms with E-state index >= 15 is 0 Å². The van der Waals surface area contributed by atoms with E-state index in [-0.39, 0.29) is 0 Å². The fraction of sp³-hybridized carbons (Fsp3) is 0.273. The van der Waals surface area contributed by atoms with Gasteiger partial charge in [0.25, 0.3) is 0 Å². The first-order valence-electron chi connectivity index (χ1n) is 13.2. The molecule has 0 spiro atoms. The van der Waals surface area contributed by atoms with Crippen LogP contribution in [-0.2, 0) is 0 Å². The number of hydrogen-bond donors (Lipinski definition) is 1. The minimum absolute atomic E-state index is 0.327. The van der Waals surface area contributed by atoms with Gasteiger partial charge >= 0.3 is 0 Å². The van der Waals surface area contributed by atoms with Gasteiger partial charge in [-0.15, -0.1) is 0 Å². The van der Waals surface area contributed by atoms with Gasteiger partial charge in [-0.1, -0.05) is 119 Å². The van der Waals surface area contributed by atoms with Gasteiger partial charge in [0.2, 0.25) is 0 Å². The largest absolute Gasteiger partial charge is 0.354 e. The monoisotopic (exact) mass is 599 g/mol. The molecule has 1 heterocycles. The molecule has 0 saturated carbocycles. The van der Waals surface area contributed by atoms with Crippen LogP contribution in [0.5, 0.6) is 0 Å². The number of H-pyrrole nitrogens is 1. The Morgan fingerprint density at radius 1 is 0.722 bits per heavy atom. The molecule has 1 unspecified atom stereocenters. The average molecular weight is 601 g/mol. The van der Waals surface area contributed by atoms with Gasteiger partial charge in [-0.05, 0) is 70.5 Å². The fourth-order valence-electron chi connectivity index (χ4n) is 6.35. The molecule has 1 N–H and O–H groups in total. The molecular weight excluding hydrogens is 570 g/mol. The number of para-hydroxylation sites is 2. The maximum Gasteiger partial charge on any atom is 0.0500 e. The van der Waals surface area contributed by atoms with Crippen molar-refractivity contribution in [3.63, 3.8) is 0 Å². The third-order valence-electron chi connectivity index (χ3n) is 7.98. The number of nitrogens with one attached hydrogen (secondary N) is 1. The van der Waals surface area contributed by atoms with Crippen LogP contribution in [-0.4, -0.2) is 4.98 Å². The molecule has 0 amide bonds.